The van der Waals surface area contributed by atoms with E-state index in [-0.39, 0.29) is 6.04 Å². The number of para-hydroxylation sites is 1. The van der Waals surface area contributed by atoms with Crippen LogP contribution in [0.15, 0.2) is 42.5 Å². The van der Waals surface area contributed by atoms with Gasteiger partial charge in [0.05, 0.1) is 28.4 Å². The van der Waals surface area contributed by atoms with E-state index in [1.54, 1.807) is 18.4 Å². The molecule has 1 N–H and O–H groups in total. The highest BCUT2D eigenvalue weighted by molar-refractivity contribution is 7.18. The SMILES string of the molecule is COc1ccc(NC(C)c2nc3ccccc3s2)cc1Cl. The summed E-state index contributed by atoms with van der Waals surface area (Å²) in [6.45, 7) is 2.09. The Morgan fingerprint density at radius 1 is 1.24 bits per heavy atom. The van der Waals surface area contributed by atoms with Crippen LogP contribution >= 0.6 is 22.9 Å². The van der Waals surface area contributed by atoms with Crippen molar-refractivity contribution in [3.8, 4) is 5.75 Å². The van der Waals surface area contributed by atoms with Gasteiger partial charge in [-0.2, -0.15) is 0 Å². The van der Waals surface area contributed by atoms with E-state index in [1.807, 2.05) is 36.4 Å². The van der Waals surface area contributed by atoms with Gasteiger partial charge in [0, 0.05) is 5.69 Å². The van der Waals surface area contributed by atoms with E-state index >= 15 is 0 Å². The molecular weight excluding hydrogens is 304 g/mol. The molecule has 108 valence electrons. The van der Waals surface area contributed by atoms with Crippen molar-refractivity contribution in [2.45, 2.75) is 13.0 Å². The summed E-state index contributed by atoms with van der Waals surface area (Å²) in [7, 11) is 1.61. The lowest BCUT2D eigenvalue weighted by molar-refractivity contribution is 0.415. The number of nitrogens with one attached hydrogen (secondary N) is 1. The molecule has 0 aliphatic carbocycles. The first kappa shape index (κ1) is 14.2. The second kappa shape index (κ2) is 5.92. The molecule has 3 nitrogen and oxygen atoms in total. The molecule has 1 aromatic heterocycles. The average Bonchev–Trinajstić information content (AvgIpc) is 2.91. The fourth-order valence-corrected chi connectivity index (χ4v) is 3.37. The molecule has 0 bridgehead atoms. The second-order valence-electron chi connectivity index (χ2n) is 4.74. The van der Waals surface area contributed by atoms with Crippen LogP contribution in [0.3, 0.4) is 0 Å². The number of aromatic nitrogens is 1. The monoisotopic (exact) mass is 318 g/mol. The van der Waals surface area contributed by atoms with Gasteiger partial charge in [-0.05, 0) is 37.3 Å². The third-order valence-corrected chi connectivity index (χ3v) is 4.73. The molecule has 0 aliphatic rings. The van der Waals surface area contributed by atoms with Crippen molar-refractivity contribution < 1.29 is 4.74 Å². The number of ether oxygens (including phenoxy) is 1. The summed E-state index contributed by atoms with van der Waals surface area (Å²) in [4.78, 5) is 4.66. The van der Waals surface area contributed by atoms with Crippen molar-refractivity contribution in [3.63, 3.8) is 0 Å². The molecule has 0 amide bonds. The summed E-state index contributed by atoms with van der Waals surface area (Å²) in [6.07, 6.45) is 0. The zero-order chi connectivity index (χ0) is 14.8. The second-order valence-corrected chi connectivity index (χ2v) is 6.20. The lowest BCUT2D eigenvalue weighted by Gasteiger charge is -2.13. The molecule has 21 heavy (non-hydrogen) atoms. The largest absolute Gasteiger partial charge is 0.495 e. The summed E-state index contributed by atoms with van der Waals surface area (Å²) in [5, 5.41) is 5.07. The number of hydrogen-bond acceptors (Lipinski definition) is 4. The predicted octanol–water partition coefficient (Wildman–Crippen LogP) is 5.13. The van der Waals surface area contributed by atoms with Gasteiger partial charge in [-0.3, -0.25) is 0 Å². The van der Waals surface area contributed by atoms with Gasteiger partial charge >= 0.3 is 0 Å². The van der Waals surface area contributed by atoms with Crippen molar-refractivity contribution in [3.05, 3.63) is 52.5 Å². The van der Waals surface area contributed by atoms with Crippen molar-refractivity contribution in [1.82, 2.24) is 4.98 Å². The van der Waals surface area contributed by atoms with Gasteiger partial charge < -0.3 is 10.1 Å². The van der Waals surface area contributed by atoms with Gasteiger partial charge in [0.25, 0.3) is 0 Å². The van der Waals surface area contributed by atoms with E-state index in [2.05, 4.69) is 23.3 Å². The maximum absolute atomic E-state index is 6.15. The van der Waals surface area contributed by atoms with Crippen molar-refractivity contribution in [2.75, 3.05) is 12.4 Å². The fraction of sp³-hybridized carbons (Fsp3) is 0.188. The summed E-state index contributed by atoms with van der Waals surface area (Å²) in [5.41, 5.74) is 1.99. The minimum Gasteiger partial charge on any atom is -0.495 e. The van der Waals surface area contributed by atoms with Crippen molar-refractivity contribution in [2.24, 2.45) is 0 Å². The van der Waals surface area contributed by atoms with Gasteiger partial charge in [0.1, 0.15) is 10.8 Å². The summed E-state index contributed by atoms with van der Waals surface area (Å²) < 4.78 is 6.36. The first-order valence-electron chi connectivity index (χ1n) is 6.63. The zero-order valence-corrected chi connectivity index (χ0v) is 13.3. The molecule has 2 aromatic carbocycles. The quantitative estimate of drug-likeness (QED) is 0.724. The van der Waals surface area contributed by atoms with Gasteiger partial charge in [-0.1, -0.05) is 23.7 Å². The van der Waals surface area contributed by atoms with Gasteiger partial charge in [-0.25, -0.2) is 4.98 Å². The first-order valence-corrected chi connectivity index (χ1v) is 7.82. The van der Waals surface area contributed by atoms with Gasteiger partial charge in [0.2, 0.25) is 0 Å². The summed E-state index contributed by atoms with van der Waals surface area (Å²) >= 11 is 7.85. The van der Waals surface area contributed by atoms with Crippen molar-refractivity contribution in [1.29, 1.82) is 0 Å². The topological polar surface area (TPSA) is 34.1 Å². The van der Waals surface area contributed by atoms with Gasteiger partial charge in [0.15, 0.2) is 0 Å². The molecule has 3 rings (SSSR count). The molecule has 0 fully saturated rings. The van der Waals surface area contributed by atoms with E-state index in [1.165, 1.54) is 4.70 Å². The summed E-state index contributed by atoms with van der Waals surface area (Å²) in [5.74, 6) is 0.676. The Kier molecular flexibility index (Phi) is 3.99. The van der Waals surface area contributed by atoms with E-state index in [0.717, 1.165) is 16.2 Å². The minimum atomic E-state index is 0.117. The zero-order valence-electron chi connectivity index (χ0n) is 11.8. The van der Waals surface area contributed by atoms with Crippen LogP contribution in [-0.2, 0) is 0 Å². The Morgan fingerprint density at radius 3 is 2.76 bits per heavy atom. The van der Waals surface area contributed by atoms with Gasteiger partial charge in [-0.15, -0.1) is 11.3 Å². The molecule has 0 spiro atoms. The lowest BCUT2D eigenvalue weighted by atomic mass is 10.2. The number of methoxy groups -OCH3 is 1. The molecular formula is C16H15ClN2OS. The Morgan fingerprint density at radius 2 is 2.05 bits per heavy atom. The Hall–Kier alpha value is -1.78. The predicted molar refractivity (Wildman–Crippen MR) is 89.7 cm³/mol. The standard InChI is InChI=1S/C16H15ClN2OS/c1-10(16-19-13-5-3-4-6-15(13)21-16)18-11-7-8-14(20-2)12(17)9-11/h3-10,18H,1-2H3. The number of anilines is 1. The van der Waals surface area contributed by atoms with Crippen LogP contribution in [0.5, 0.6) is 5.75 Å². The number of hydrogen-bond donors (Lipinski definition) is 1. The normalized spacial score (nSPS) is 12.3. The third-order valence-electron chi connectivity index (χ3n) is 3.22. The number of rotatable bonds is 4. The molecule has 0 saturated heterocycles. The van der Waals surface area contributed by atoms with Crippen LogP contribution in [0.25, 0.3) is 10.2 Å². The number of thiazole rings is 1. The van der Waals surface area contributed by atoms with E-state index in [0.29, 0.717) is 10.8 Å². The maximum atomic E-state index is 6.15. The number of benzene rings is 2. The van der Waals surface area contributed by atoms with Crippen LogP contribution in [-0.4, -0.2) is 12.1 Å². The van der Waals surface area contributed by atoms with Crippen molar-refractivity contribution >= 4 is 38.8 Å². The van der Waals surface area contributed by atoms with Crippen LogP contribution in [0, 0.1) is 0 Å². The molecule has 1 unspecified atom stereocenters. The highest BCUT2D eigenvalue weighted by Gasteiger charge is 2.12. The molecule has 1 atom stereocenters. The molecule has 3 aromatic rings. The summed E-state index contributed by atoms with van der Waals surface area (Å²) in [6, 6.07) is 14.0. The Balaban J connectivity index is 1.82. The highest BCUT2D eigenvalue weighted by atomic mass is 35.5. The first-order chi connectivity index (χ1) is 10.2. The van der Waals surface area contributed by atoms with E-state index in [4.69, 9.17) is 16.3 Å². The molecule has 0 saturated carbocycles. The van der Waals surface area contributed by atoms with Crippen LogP contribution < -0.4 is 10.1 Å². The minimum absolute atomic E-state index is 0.117. The fourth-order valence-electron chi connectivity index (χ4n) is 2.14. The molecule has 5 heteroatoms. The lowest BCUT2D eigenvalue weighted by Crippen LogP contribution is -2.06. The highest BCUT2D eigenvalue weighted by Crippen LogP contribution is 2.31. The maximum Gasteiger partial charge on any atom is 0.137 e. The Labute approximate surface area is 132 Å². The number of nitrogens with zero attached hydrogens (tertiary/aromatic N) is 1. The molecule has 1 heterocycles. The van der Waals surface area contributed by atoms with E-state index < -0.39 is 0 Å². The Bertz CT molecular complexity index is 739. The smallest absolute Gasteiger partial charge is 0.137 e. The number of halogens is 1. The molecule has 0 radical (unpaired) electrons. The van der Waals surface area contributed by atoms with E-state index in [9.17, 15) is 0 Å². The third kappa shape index (κ3) is 2.96. The number of fused-ring (bicyclic) bond motifs is 1. The molecule has 0 aliphatic heterocycles. The van der Waals surface area contributed by atoms with Crippen LogP contribution in [0.1, 0.15) is 18.0 Å². The van der Waals surface area contributed by atoms with Crippen LogP contribution in [0.2, 0.25) is 5.02 Å². The average molecular weight is 319 g/mol. The van der Waals surface area contributed by atoms with Crippen LogP contribution in [0.4, 0.5) is 5.69 Å².